The van der Waals surface area contributed by atoms with Crippen LogP contribution in [0.25, 0.3) is 0 Å². The molecule has 0 atom stereocenters. The molecule has 3 heteroatoms. The first-order valence-corrected chi connectivity index (χ1v) is 5.82. The van der Waals surface area contributed by atoms with Gasteiger partial charge in [-0.2, -0.15) is 0 Å². The molecule has 0 amide bonds. The lowest BCUT2D eigenvalue weighted by Gasteiger charge is -2.09. The van der Waals surface area contributed by atoms with E-state index in [0.29, 0.717) is 5.56 Å². The summed E-state index contributed by atoms with van der Waals surface area (Å²) in [6.07, 6.45) is 3.77. The van der Waals surface area contributed by atoms with Crippen molar-refractivity contribution < 1.29 is 9.90 Å². The highest BCUT2D eigenvalue weighted by atomic mass is 32.2. The Kier molecular flexibility index (Phi) is 4.01. The van der Waals surface area contributed by atoms with Crippen molar-refractivity contribution in [2.75, 3.05) is 6.26 Å². The fraction of sp³-hybridized carbons (Fsp3) is 0.364. The molecule has 1 rings (SSSR count). The average Bonchev–Trinajstić information content (AvgIpc) is 2.18. The van der Waals surface area contributed by atoms with Crippen molar-refractivity contribution in [3.63, 3.8) is 0 Å². The minimum atomic E-state index is -0.829. The minimum absolute atomic E-state index is 0.443. The van der Waals surface area contributed by atoms with Crippen LogP contribution in [0.4, 0.5) is 0 Å². The molecule has 0 fully saturated rings. The molecule has 0 aliphatic rings. The summed E-state index contributed by atoms with van der Waals surface area (Å²) in [4.78, 5) is 12.0. The Hall–Kier alpha value is -0.960. The largest absolute Gasteiger partial charge is 0.478 e. The van der Waals surface area contributed by atoms with Crippen LogP contribution >= 0.6 is 11.8 Å². The molecule has 0 aliphatic carbocycles. The standard InChI is InChI=1S/C11H14O2S/c1-3-5-8-9(11(12)13)6-4-7-10(8)14-2/h4,6-7H,3,5H2,1-2H3,(H,12,13). The highest BCUT2D eigenvalue weighted by Gasteiger charge is 2.12. The fourth-order valence-electron chi connectivity index (χ4n) is 1.47. The number of rotatable bonds is 4. The van der Waals surface area contributed by atoms with E-state index < -0.39 is 5.97 Å². The third kappa shape index (κ3) is 2.29. The Labute approximate surface area is 88.3 Å². The summed E-state index contributed by atoms with van der Waals surface area (Å²) in [5.41, 5.74) is 1.41. The second-order valence-corrected chi connectivity index (χ2v) is 3.89. The summed E-state index contributed by atoms with van der Waals surface area (Å²) >= 11 is 1.60. The monoisotopic (exact) mass is 210 g/mol. The number of aromatic carboxylic acids is 1. The summed E-state index contributed by atoms with van der Waals surface area (Å²) in [5, 5.41) is 9.00. The molecule has 0 heterocycles. The molecule has 14 heavy (non-hydrogen) atoms. The smallest absolute Gasteiger partial charge is 0.336 e. The number of carboxylic acids is 1. The predicted octanol–water partition coefficient (Wildman–Crippen LogP) is 3.06. The van der Waals surface area contributed by atoms with Gasteiger partial charge in [0, 0.05) is 4.90 Å². The molecule has 1 aromatic carbocycles. The molecule has 0 radical (unpaired) electrons. The zero-order valence-corrected chi connectivity index (χ0v) is 9.23. The summed E-state index contributed by atoms with van der Waals surface area (Å²) in [6.45, 7) is 2.06. The first-order chi connectivity index (χ1) is 6.70. The number of hydrogen-bond donors (Lipinski definition) is 1. The summed E-state index contributed by atoms with van der Waals surface area (Å²) in [5.74, 6) is -0.829. The van der Waals surface area contributed by atoms with E-state index in [-0.39, 0.29) is 0 Å². The maximum atomic E-state index is 11.0. The van der Waals surface area contributed by atoms with Crippen LogP contribution in [0.2, 0.25) is 0 Å². The van der Waals surface area contributed by atoms with Crippen LogP contribution in [0.15, 0.2) is 23.1 Å². The molecule has 0 saturated heterocycles. The summed E-state index contributed by atoms with van der Waals surface area (Å²) in [7, 11) is 0. The van der Waals surface area contributed by atoms with Crippen LogP contribution in [-0.4, -0.2) is 17.3 Å². The summed E-state index contributed by atoms with van der Waals surface area (Å²) < 4.78 is 0. The number of hydrogen-bond acceptors (Lipinski definition) is 2. The minimum Gasteiger partial charge on any atom is -0.478 e. The van der Waals surface area contributed by atoms with E-state index in [1.165, 1.54) is 0 Å². The van der Waals surface area contributed by atoms with Gasteiger partial charge in [0.25, 0.3) is 0 Å². The van der Waals surface area contributed by atoms with Crippen molar-refractivity contribution in [2.24, 2.45) is 0 Å². The van der Waals surface area contributed by atoms with Gasteiger partial charge in [-0.05, 0) is 30.4 Å². The van der Waals surface area contributed by atoms with Gasteiger partial charge in [-0.3, -0.25) is 0 Å². The van der Waals surface area contributed by atoms with E-state index in [4.69, 9.17) is 5.11 Å². The molecule has 0 spiro atoms. The lowest BCUT2D eigenvalue weighted by atomic mass is 10.0. The zero-order valence-electron chi connectivity index (χ0n) is 8.41. The molecule has 0 bridgehead atoms. The van der Waals surface area contributed by atoms with E-state index in [9.17, 15) is 4.79 Å². The first kappa shape index (κ1) is 11.1. The lowest BCUT2D eigenvalue weighted by Crippen LogP contribution is -2.03. The highest BCUT2D eigenvalue weighted by Crippen LogP contribution is 2.24. The molecule has 0 aliphatic heterocycles. The van der Waals surface area contributed by atoms with Gasteiger partial charge in [-0.15, -0.1) is 11.8 Å². The topological polar surface area (TPSA) is 37.3 Å². The summed E-state index contributed by atoms with van der Waals surface area (Å²) in [6, 6.07) is 5.45. The number of benzene rings is 1. The Morgan fingerprint density at radius 3 is 2.71 bits per heavy atom. The lowest BCUT2D eigenvalue weighted by molar-refractivity contribution is 0.0695. The quantitative estimate of drug-likeness (QED) is 0.776. The average molecular weight is 210 g/mol. The van der Waals surface area contributed by atoms with E-state index in [2.05, 4.69) is 6.92 Å². The maximum Gasteiger partial charge on any atom is 0.336 e. The molecule has 1 N–H and O–H groups in total. The first-order valence-electron chi connectivity index (χ1n) is 4.59. The van der Waals surface area contributed by atoms with Gasteiger partial charge in [-0.1, -0.05) is 19.4 Å². The van der Waals surface area contributed by atoms with E-state index in [1.54, 1.807) is 23.9 Å². The Morgan fingerprint density at radius 2 is 2.21 bits per heavy atom. The molecular formula is C11H14O2S. The van der Waals surface area contributed by atoms with E-state index >= 15 is 0 Å². The van der Waals surface area contributed by atoms with Gasteiger partial charge < -0.3 is 5.11 Å². The molecule has 1 aromatic rings. The van der Waals surface area contributed by atoms with Crippen molar-refractivity contribution in [3.8, 4) is 0 Å². The van der Waals surface area contributed by atoms with Crippen LogP contribution in [0.5, 0.6) is 0 Å². The van der Waals surface area contributed by atoms with Gasteiger partial charge in [0.15, 0.2) is 0 Å². The second-order valence-electron chi connectivity index (χ2n) is 3.04. The van der Waals surface area contributed by atoms with Crippen molar-refractivity contribution in [1.29, 1.82) is 0 Å². The Morgan fingerprint density at radius 1 is 1.50 bits per heavy atom. The van der Waals surface area contributed by atoms with Crippen molar-refractivity contribution in [2.45, 2.75) is 24.7 Å². The predicted molar refractivity (Wildman–Crippen MR) is 59.2 cm³/mol. The fourth-order valence-corrected chi connectivity index (χ4v) is 2.14. The number of carbonyl (C=O) groups is 1. The van der Waals surface area contributed by atoms with Gasteiger partial charge in [0.05, 0.1) is 5.56 Å². The van der Waals surface area contributed by atoms with Crippen LogP contribution in [0.1, 0.15) is 29.3 Å². The number of thioether (sulfide) groups is 1. The van der Waals surface area contributed by atoms with Crippen molar-refractivity contribution in [3.05, 3.63) is 29.3 Å². The number of carboxylic acid groups (broad SMARTS) is 1. The van der Waals surface area contributed by atoms with Gasteiger partial charge >= 0.3 is 5.97 Å². The molecule has 0 unspecified atom stereocenters. The molecular weight excluding hydrogens is 196 g/mol. The van der Waals surface area contributed by atoms with Crippen LogP contribution in [0, 0.1) is 0 Å². The Bertz CT molecular complexity index is 334. The SMILES string of the molecule is CCCc1c(SC)cccc1C(=O)O. The van der Waals surface area contributed by atoms with Gasteiger partial charge in [-0.25, -0.2) is 4.79 Å². The van der Waals surface area contributed by atoms with Gasteiger partial charge in [0.1, 0.15) is 0 Å². The van der Waals surface area contributed by atoms with Crippen molar-refractivity contribution in [1.82, 2.24) is 0 Å². The molecule has 0 aromatic heterocycles. The highest BCUT2D eigenvalue weighted by molar-refractivity contribution is 7.98. The van der Waals surface area contributed by atoms with Crippen LogP contribution < -0.4 is 0 Å². The second kappa shape index (κ2) is 5.05. The molecule has 2 nitrogen and oxygen atoms in total. The molecule has 0 saturated carbocycles. The Balaban J connectivity index is 3.20. The van der Waals surface area contributed by atoms with E-state index in [1.807, 2.05) is 12.3 Å². The van der Waals surface area contributed by atoms with Crippen LogP contribution in [-0.2, 0) is 6.42 Å². The zero-order chi connectivity index (χ0) is 10.6. The normalized spacial score (nSPS) is 10.1. The van der Waals surface area contributed by atoms with Crippen LogP contribution in [0.3, 0.4) is 0 Å². The maximum absolute atomic E-state index is 11.0. The van der Waals surface area contributed by atoms with E-state index in [0.717, 1.165) is 23.3 Å². The molecule has 76 valence electrons. The third-order valence-electron chi connectivity index (χ3n) is 2.08. The third-order valence-corrected chi connectivity index (χ3v) is 2.91. The van der Waals surface area contributed by atoms with Gasteiger partial charge in [0.2, 0.25) is 0 Å². The van der Waals surface area contributed by atoms with Crippen molar-refractivity contribution >= 4 is 17.7 Å².